The molecule has 0 saturated heterocycles. The smallest absolute Gasteiger partial charge is 0.495 e. The van der Waals surface area contributed by atoms with Crippen LogP contribution >= 0.6 is 19.4 Å². The number of nitriles is 1. The fourth-order valence-corrected chi connectivity index (χ4v) is 7.90. The first kappa shape index (κ1) is 50.1. The average molecular weight is 844 g/mol. The van der Waals surface area contributed by atoms with Gasteiger partial charge < -0.3 is 29.8 Å². The van der Waals surface area contributed by atoms with Gasteiger partial charge in [0.2, 0.25) is 0 Å². The van der Waals surface area contributed by atoms with Gasteiger partial charge in [-0.15, -0.1) is 0 Å². The number of benzene rings is 2. The predicted molar refractivity (Wildman–Crippen MR) is 235 cm³/mol. The number of aliphatic imine (C=N–C) groups is 1. The number of hydrogen-bond donors (Lipinski definition) is 3. The number of nitrogens with two attached hydrogens (primary N) is 1. The summed E-state index contributed by atoms with van der Waals surface area (Å²) in [5.41, 5.74) is 6.52. The van der Waals surface area contributed by atoms with Crippen LogP contribution in [0.25, 0.3) is 0 Å². The lowest BCUT2D eigenvalue weighted by Crippen LogP contribution is -2.35. The van der Waals surface area contributed by atoms with Crippen molar-refractivity contribution in [2.45, 2.75) is 142 Å². The Kier molecular flexibility index (Phi) is 26.0. The Labute approximate surface area is 352 Å². The van der Waals surface area contributed by atoms with Crippen molar-refractivity contribution in [3.05, 3.63) is 71.4 Å². The lowest BCUT2D eigenvalue weighted by atomic mass is 10.0. The molecule has 0 radical (unpaired) electrons. The normalized spacial score (nSPS) is 13.8. The second-order valence-electron chi connectivity index (χ2n) is 14.1. The summed E-state index contributed by atoms with van der Waals surface area (Å²) in [4.78, 5) is 3.79. The van der Waals surface area contributed by atoms with Gasteiger partial charge in [-0.3, -0.25) is 14.5 Å². The molecule has 2 unspecified atom stereocenters. The Morgan fingerprint density at radius 3 is 1.95 bits per heavy atom. The van der Waals surface area contributed by atoms with E-state index in [-0.39, 0.29) is 34.5 Å². The van der Waals surface area contributed by atoms with Crippen LogP contribution in [0.15, 0.2) is 65.8 Å². The number of allylic oxidation sites excluding steroid dienone is 2. The van der Waals surface area contributed by atoms with Gasteiger partial charge >= 0.3 is 7.82 Å². The lowest BCUT2D eigenvalue weighted by molar-refractivity contribution is 0.0654. The molecule has 4 N–H and O–H groups in total. The van der Waals surface area contributed by atoms with Crippen LogP contribution in [0.2, 0.25) is 5.02 Å². The first-order valence-corrected chi connectivity index (χ1v) is 22.6. The fourth-order valence-electron chi connectivity index (χ4n) is 6.33. The maximum atomic E-state index is 14.4. The highest BCUT2D eigenvalue weighted by Crippen LogP contribution is 2.52. The maximum absolute atomic E-state index is 14.4. The number of methoxy groups -OCH3 is 2. The first-order valence-electron chi connectivity index (χ1n) is 20.7. The number of phosphoric acid groups is 1. The molecule has 12 nitrogen and oxygen atoms in total. The van der Waals surface area contributed by atoms with Crippen LogP contribution in [0.1, 0.15) is 135 Å². The van der Waals surface area contributed by atoms with Crippen LogP contribution in [0.3, 0.4) is 0 Å². The number of para-hydroxylation sites is 1. The molecule has 0 aliphatic carbocycles. The van der Waals surface area contributed by atoms with Gasteiger partial charge in [0, 0.05) is 12.1 Å². The van der Waals surface area contributed by atoms with E-state index in [2.05, 4.69) is 29.9 Å². The molecule has 0 saturated carbocycles. The van der Waals surface area contributed by atoms with Crippen molar-refractivity contribution < 1.29 is 32.3 Å². The molecule has 58 heavy (non-hydrogen) atoms. The SMILES string of the molecule is C=C/C=C(\NC(C)OP(=O)(OC[C@@H](CCCCCCCCCCCCCCCCCCC)Oc1cc(OC)c(C#N)c(OC)c1)Oc1ccccc1Cl)C(N)=NC=N. The van der Waals surface area contributed by atoms with Crippen LogP contribution in [-0.2, 0) is 13.6 Å². The third-order valence-corrected chi connectivity index (χ3v) is 11.2. The highest BCUT2D eigenvalue weighted by Gasteiger charge is 2.34. The van der Waals surface area contributed by atoms with Gasteiger partial charge in [-0.05, 0) is 38.0 Å². The van der Waals surface area contributed by atoms with Crippen LogP contribution < -0.4 is 29.8 Å². The van der Waals surface area contributed by atoms with Crippen molar-refractivity contribution in [1.29, 1.82) is 10.7 Å². The number of hydrogen-bond acceptors (Lipinski definition) is 10. The van der Waals surface area contributed by atoms with Gasteiger partial charge in [-0.25, -0.2) is 9.56 Å². The molecule has 14 heteroatoms. The van der Waals surface area contributed by atoms with Crippen LogP contribution in [0, 0.1) is 16.7 Å². The van der Waals surface area contributed by atoms with Gasteiger partial charge in [0.05, 0.1) is 31.5 Å². The van der Waals surface area contributed by atoms with E-state index in [0.717, 1.165) is 25.6 Å². The van der Waals surface area contributed by atoms with Crippen LogP contribution in [0.4, 0.5) is 0 Å². The zero-order valence-electron chi connectivity index (χ0n) is 35.1. The van der Waals surface area contributed by atoms with Crippen molar-refractivity contribution >= 4 is 31.6 Å². The average Bonchev–Trinajstić information content (AvgIpc) is 3.21. The Bertz CT molecular complexity index is 1630. The van der Waals surface area contributed by atoms with Crippen LogP contribution in [0.5, 0.6) is 23.0 Å². The van der Waals surface area contributed by atoms with Crippen molar-refractivity contribution in [2.24, 2.45) is 10.7 Å². The molecule has 0 heterocycles. The summed E-state index contributed by atoms with van der Waals surface area (Å²) in [5, 5.41) is 20.2. The summed E-state index contributed by atoms with van der Waals surface area (Å²) in [6.45, 7) is 7.35. The van der Waals surface area contributed by atoms with E-state index in [0.29, 0.717) is 23.7 Å². The summed E-state index contributed by atoms with van der Waals surface area (Å²) in [5.74, 6) is 1.05. The minimum absolute atomic E-state index is 0.0102. The molecule has 2 rings (SSSR count). The monoisotopic (exact) mass is 843 g/mol. The van der Waals surface area contributed by atoms with E-state index in [1.807, 2.05) is 0 Å². The van der Waals surface area contributed by atoms with E-state index in [1.165, 1.54) is 116 Å². The number of phosphoric ester groups is 1. The van der Waals surface area contributed by atoms with Gasteiger partial charge in [-0.1, -0.05) is 146 Å². The number of rotatable bonds is 34. The van der Waals surface area contributed by atoms with E-state index >= 15 is 0 Å². The summed E-state index contributed by atoms with van der Waals surface area (Å²) in [6.07, 6.45) is 24.2. The Morgan fingerprint density at radius 1 is 0.931 bits per heavy atom. The zero-order chi connectivity index (χ0) is 42.4. The number of nitrogens with zero attached hydrogens (tertiary/aromatic N) is 2. The van der Waals surface area contributed by atoms with E-state index in [1.54, 1.807) is 43.3 Å². The Morgan fingerprint density at radius 2 is 1.47 bits per heavy atom. The number of nitrogens with one attached hydrogen (secondary N) is 2. The predicted octanol–water partition coefficient (Wildman–Crippen LogP) is 12.2. The molecule has 2 aromatic carbocycles. The summed E-state index contributed by atoms with van der Waals surface area (Å²) in [6, 6.07) is 11.9. The number of unbranched alkanes of at least 4 members (excludes halogenated alkanes) is 16. The maximum Gasteiger partial charge on any atom is 0.532 e. The van der Waals surface area contributed by atoms with Gasteiger partial charge in [-0.2, -0.15) is 5.26 Å². The molecule has 0 aliphatic rings. The third kappa shape index (κ3) is 20.1. The standard InChI is InChI=1S/C44H67ClN5O7P/c1-6-8-9-10-11-12-13-14-15-16-17-18-19-20-21-22-23-27-36(55-37-30-42(52-4)38(32-46)43(31-37)53-5)33-54-58(51,57-41-29-25-24-28-39(41)45)56-35(3)50-40(26-7-2)44(48)49-34-47/h7,24-26,28-31,34-36,50H,2,6,8-23,27,33H2,1,3-5H3,(H3,47,48,49)/b40-26-/t35?,36-,58?/m1/s1. The van der Waals surface area contributed by atoms with Crippen molar-refractivity contribution in [2.75, 3.05) is 20.8 Å². The topological polar surface area (TPSA) is 171 Å². The van der Waals surface area contributed by atoms with Gasteiger partial charge in [0.15, 0.2) is 0 Å². The number of amidine groups is 1. The second-order valence-corrected chi connectivity index (χ2v) is 16.1. The minimum atomic E-state index is -4.42. The number of ether oxygens (including phenoxy) is 3. The Hall–Kier alpha value is -4.01. The summed E-state index contributed by atoms with van der Waals surface area (Å²) >= 11 is 6.39. The quantitative estimate of drug-likeness (QED) is 0.0154. The molecular weight excluding hydrogens is 777 g/mol. The second kappa shape index (κ2) is 30.1. The largest absolute Gasteiger partial charge is 0.532 e. The van der Waals surface area contributed by atoms with Crippen molar-refractivity contribution in [1.82, 2.24) is 5.32 Å². The summed E-state index contributed by atoms with van der Waals surface area (Å²) in [7, 11) is -1.49. The molecule has 2 aromatic rings. The Balaban J connectivity index is 2.09. The fraction of sp³-hybridized carbons (Fsp3) is 0.568. The van der Waals surface area contributed by atoms with Crippen molar-refractivity contribution in [3.63, 3.8) is 0 Å². The minimum Gasteiger partial charge on any atom is -0.495 e. The molecular formula is C44H67ClN5O7P. The molecule has 3 atom stereocenters. The number of halogens is 1. The molecule has 0 aliphatic heterocycles. The molecule has 0 fully saturated rings. The molecule has 0 spiro atoms. The molecule has 0 amide bonds. The highest BCUT2D eigenvalue weighted by atomic mass is 35.5. The van der Waals surface area contributed by atoms with E-state index in [9.17, 15) is 9.83 Å². The molecule has 322 valence electrons. The highest BCUT2D eigenvalue weighted by molar-refractivity contribution is 7.49. The summed E-state index contributed by atoms with van der Waals surface area (Å²) < 4.78 is 49.5. The van der Waals surface area contributed by atoms with Gasteiger partial charge in [0.1, 0.15) is 59.1 Å². The van der Waals surface area contributed by atoms with E-state index < -0.39 is 20.2 Å². The first-order chi connectivity index (χ1) is 28.1. The zero-order valence-corrected chi connectivity index (χ0v) is 36.8. The lowest BCUT2D eigenvalue weighted by Gasteiger charge is -2.26. The van der Waals surface area contributed by atoms with Crippen molar-refractivity contribution in [3.8, 4) is 29.1 Å². The molecule has 0 aromatic heterocycles. The van der Waals surface area contributed by atoms with E-state index in [4.69, 9.17) is 50.5 Å². The van der Waals surface area contributed by atoms with Gasteiger partial charge in [0.25, 0.3) is 0 Å². The van der Waals surface area contributed by atoms with Crippen LogP contribution in [-0.4, -0.2) is 45.3 Å². The third-order valence-electron chi connectivity index (χ3n) is 9.40. The molecule has 0 bridgehead atoms.